The monoisotopic (exact) mass is 270 g/mol. The van der Waals surface area contributed by atoms with Gasteiger partial charge in [-0.15, -0.1) is 0 Å². The first-order valence-corrected chi connectivity index (χ1v) is 6.88. The number of nitrogens with zero attached hydrogens (tertiary/aromatic N) is 4. The molecule has 0 spiro atoms. The Kier molecular flexibility index (Phi) is 3.26. The van der Waals surface area contributed by atoms with Gasteiger partial charge in [0.2, 0.25) is 0 Å². The number of hydrogen-bond acceptors (Lipinski definition) is 3. The van der Waals surface area contributed by atoms with E-state index in [2.05, 4.69) is 16.9 Å². The van der Waals surface area contributed by atoms with Gasteiger partial charge in [-0.3, -0.25) is 9.36 Å². The molecule has 5 heteroatoms. The van der Waals surface area contributed by atoms with Crippen molar-refractivity contribution >= 4 is 5.91 Å². The first-order valence-electron chi connectivity index (χ1n) is 6.88. The summed E-state index contributed by atoms with van der Waals surface area (Å²) in [6.07, 6.45) is 9.31. The zero-order chi connectivity index (χ0) is 14.1. The van der Waals surface area contributed by atoms with Gasteiger partial charge in [0.05, 0.1) is 5.56 Å². The second-order valence-corrected chi connectivity index (χ2v) is 5.37. The number of rotatable bonds is 4. The van der Waals surface area contributed by atoms with Crippen LogP contribution in [0.1, 0.15) is 30.1 Å². The second-order valence-electron chi connectivity index (χ2n) is 5.37. The van der Waals surface area contributed by atoms with E-state index < -0.39 is 0 Å². The number of aromatic nitrogens is 3. The molecule has 1 aliphatic carbocycles. The van der Waals surface area contributed by atoms with Gasteiger partial charge in [-0.25, -0.2) is 9.97 Å². The third-order valence-corrected chi connectivity index (χ3v) is 4.00. The molecule has 1 unspecified atom stereocenters. The normalized spacial score (nSPS) is 15.9. The average molecular weight is 270 g/mol. The van der Waals surface area contributed by atoms with Crippen LogP contribution in [0.25, 0.3) is 5.82 Å². The Morgan fingerprint density at radius 1 is 1.45 bits per heavy atom. The smallest absolute Gasteiger partial charge is 0.255 e. The minimum Gasteiger partial charge on any atom is -0.339 e. The lowest BCUT2D eigenvalue weighted by Gasteiger charge is -2.24. The number of carbonyl (C=O) groups excluding carboxylic acids is 1. The molecule has 3 rings (SSSR count). The summed E-state index contributed by atoms with van der Waals surface area (Å²) in [5, 5.41) is 0. The highest BCUT2D eigenvalue weighted by molar-refractivity contribution is 5.94. The van der Waals surface area contributed by atoms with Crippen LogP contribution in [-0.4, -0.2) is 38.4 Å². The van der Waals surface area contributed by atoms with Gasteiger partial charge in [-0.05, 0) is 37.8 Å². The van der Waals surface area contributed by atoms with E-state index in [1.54, 1.807) is 18.7 Å². The van der Waals surface area contributed by atoms with Gasteiger partial charge in [0.25, 0.3) is 5.91 Å². The molecule has 1 atom stereocenters. The van der Waals surface area contributed by atoms with Crippen molar-refractivity contribution in [3.63, 3.8) is 0 Å². The van der Waals surface area contributed by atoms with E-state index in [9.17, 15) is 4.79 Å². The van der Waals surface area contributed by atoms with Crippen molar-refractivity contribution in [2.24, 2.45) is 5.92 Å². The van der Waals surface area contributed by atoms with E-state index in [0.717, 1.165) is 5.82 Å². The molecular weight excluding hydrogens is 252 g/mol. The number of carbonyl (C=O) groups is 1. The fourth-order valence-electron chi connectivity index (χ4n) is 2.34. The van der Waals surface area contributed by atoms with E-state index in [1.807, 2.05) is 34.8 Å². The summed E-state index contributed by atoms with van der Waals surface area (Å²) in [4.78, 5) is 22.5. The van der Waals surface area contributed by atoms with Crippen LogP contribution in [-0.2, 0) is 0 Å². The quantitative estimate of drug-likeness (QED) is 0.855. The third kappa shape index (κ3) is 2.43. The lowest BCUT2D eigenvalue weighted by molar-refractivity contribution is 0.0727. The molecule has 1 amide bonds. The Morgan fingerprint density at radius 2 is 2.25 bits per heavy atom. The summed E-state index contributed by atoms with van der Waals surface area (Å²) in [5.74, 6) is 1.47. The molecule has 0 N–H and O–H groups in total. The molecule has 1 saturated carbocycles. The lowest BCUT2D eigenvalue weighted by atomic mass is 10.1. The van der Waals surface area contributed by atoms with Crippen molar-refractivity contribution < 1.29 is 4.79 Å². The van der Waals surface area contributed by atoms with Gasteiger partial charge in [-0.2, -0.15) is 0 Å². The minimum absolute atomic E-state index is 0.0362. The molecule has 0 aromatic carbocycles. The fourth-order valence-corrected chi connectivity index (χ4v) is 2.34. The van der Waals surface area contributed by atoms with E-state index in [-0.39, 0.29) is 5.91 Å². The van der Waals surface area contributed by atoms with Crippen LogP contribution in [0, 0.1) is 5.92 Å². The molecule has 2 heterocycles. The van der Waals surface area contributed by atoms with Gasteiger partial charge >= 0.3 is 0 Å². The molecule has 1 fully saturated rings. The molecular formula is C15H18N4O. The van der Waals surface area contributed by atoms with Crippen LogP contribution >= 0.6 is 0 Å². The average Bonchev–Trinajstić information content (AvgIpc) is 3.20. The maximum atomic E-state index is 12.4. The summed E-state index contributed by atoms with van der Waals surface area (Å²) >= 11 is 0. The van der Waals surface area contributed by atoms with Gasteiger partial charge in [0, 0.05) is 31.7 Å². The van der Waals surface area contributed by atoms with E-state index >= 15 is 0 Å². The van der Waals surface area contributed by atoms with Crippen molar-refractivity contribution in [3.05, 3.63) is 42.6 Å². The van der Waals surface area contributed by atoms with Crippen molar-refractivity contribution in [2.75, 3.05) is 7.05 Å². The molecule has 2 aromatic rings. The van der Waals surface area contributed by atoms with E-state index in [0.29, 0.717) is 17.5 Å². The highest BCUT2D eigenvalue weighted by Gasteiger charge is 2.32. The van der Waals surface area contributed by atoms with Crippen LogP contribution < -0.4 is 0 Å². The molecule has 5 nitrogen and oxygen atoms in total. The summed E-state index contributed by atoms with van der Waals surface area (Å²) in [6.45, 7) is 2.11. The van der Waals surface area contributed by atoms with Gasteiger partial charge in [0.1, 0.15) is 12.1 Å². The maximum Gasteiger partial charge on any atom is 0.255 e. The number of pyridine rings is 1. The van der Waals surface area contributed by atoms with Crippen LogP contribution in [0.3, 0.4) is 0 Å². The highest BCUT2D eigenvalue weighted by Crippen LogP contribution is 2.35. The topological polar surface area (TPSA) is 51.0 Å². The van der Waals surface area contributed by atoms with E-state index in [1.165, 1.54) is 12.8 Å². The molecule has 20 heavy (non-hydrogen) atoms. The summed E-state index contributed by atoms with van der Waals surface area (Å²) in [5.41, 5.74) is 0.629. The zero-order valence-corrected chi connectivity index (χ0v) is 11.7. The number of imidazole rings is 1. The molecule has 0 bridgehead atoms. The largest absolute Gasteiger partial charge is 0.339 e. The first-order chi connectivity index (χ1) is 9.66. The van der Waals surface area contributed by atoms with E-state index in [4.69, 9.17) is 0 Å². The maximum absolute atomic E-state index is 12.4. The molecule has 0 aliphatic heterocycles. The third-order valence-electron chi connectivity index (χ3n) is 4.00. The summed E-state index contributed by atoms with van der Waals surface area (Å²) in [7, 11) is 1.87. The predicted octanol–water partition coefficient (Wildman–Crippen LogP) is 2.14. The molecule has 104 valence electrons. The van der Waals surface area contributed by atoms with Gasteiger partial charge in [-0.1, -0.05) is 0 Å². The Morgan fingerprint density at radius 3 is 2.80 bits per heavy atom. The van der Waals surface area contributed by atoms with Gasteiger partial charge < -0.3 is 4.90 Å². The Bertz CT molecular complexity index is 587. The Labute approximate surface area is 118 Å². The Balaban J connectivity index is 1.75. The lowest BCUT2D eigenvalue weighted by Crippen LogP contribution is -2.36. The van der Waals surface area contributed by atoms with Crippen molar-refractivity contribution in [1.29, 1.82) is 0 Å². The van der Waals surface area contributed by atoms with Crippen LogP contribution in [0.15, 0.2) is 37.1 Å². The van der Waals surface area contributed by atoms with Crippen molar-refractivity contribution in [1.82, 2.24) is 19.4 Å². The zero-order valence-electron chi connectivity index (χ0n) is 11.7. The van der Waals surface area contributed by atoms with Crippen LogP contribution in [0.5, 0.6) is 0 Å². The number of hydrogen-bond donors (Lipinski definition) is 0. The van der Waals surface area contributed by atoms with Crippen molar-refractivity contribution in [3.8, 4) is 5.82 Å². The van der Waals surface area contributed by atoms with Crippen LogP contribution in [0.4, 0.5) is 0 Å². The summed E-state index contributed by atoms with van der Waals surface area (Å²) < 4.78 is 1.81. The SMILES string of the molecule is CC(C1CC1)N(C)C(=O)c1ccc(-n2ccnc2)nc1. The highest BCUT2D eigenvalue weighted by atomic mass is 16.2. The first kappa shape index (κ1) is 12.8. The standard InChI is InChI=1S/C15H18N4O/c1-11(12-3-4-12)18(2)15(20)13-5-6-14(17-9-13)19-8-7-16-10-19/h5-12H,3-4H2,1-2H3. The minimum atomic E-state index is 0.0362. The predicted molar refractivity (Wildman–Crippen MR) is 75.6 cm³/mol. The summed E-state index contributed by atoms with van der Waals surface area (Å²) in [6, 6.07) is 3.96. The Hall–Kier alpha value is -2.17. The molecule has 2 aromatic heterocycles. The van der Waals surface area contributed by atoms with Gasteiger partial charge in [0.15, 0.2) is 0 Å². The molecule has 1 aliphatic rings. The number of amides is 1. The fraction of sp³-hybridized carbons (Fsp3) is 0.400. The van der Waals surface area contributed by atoms with Crippen molar-refractivity contribution in [2.45, 2.75) is 25.8 Å². The second kappa shape index (κ2) is 5.07. The molecule has 0 radical (unpaired) electrons. The van der Waals surface area contributed by atoms with Crippen LogP contribution in [0.2, 0.25) is 0 Å². The molecule has 0 saturated heterocycles.